The minimum absolute atomic E-state index is 0.0454. The van der Waals surface area contributed by atoms with Crippen LogP contribution in [-0.4, -0.2) is 35.3 Å². The molecule has 1 aliphatic heterocycles. The number of benzene rings is 1. The molecule has 1 aromatic carbocycles. The lowest BCUT2D eigenvalue weighted by molar-refractivity contribution is 0.0174. The maximum absolute atomic E-state index is 13.2. The van der Waals surface area contributed by atoms with Crippen molar-refractivity contribution in [1.29, 1.82) is 0 Å². The Balaban J connectivity index is 2.10. The first-order valence-corrected chi connectivity index (χ1v) is 7.63. The van der Waals surface area contributed by atoms with Crippen molar-refractivity contribution < 1.29 is 27.8 Å². The number of amides is 2. The van der Waals surface area contributed by atoms with E-state index in [-0.39, 0.29) is 12.2 Å². The summed E-state index contributed by atoms with van der Waals surface area (Å²) in [6.07, 6.45) is -1.22. The summed E-state index contributed by atoms with van der Waals surface area (Å²) in [6.45, 7) is 5.97. The van der Waals surface area contributed by atoms with Crippen LogP contribution in [0, 0.1) is 0 Å². The van der Waals surface area contributed by atoms with Gasteiger partial charge in [0.05, 0.1) is 6.04 Å². The van der Waals surface area contributed by atoms with Crippen LogP contribution in [-0.2, 0) is 21.8 Å². The van der Waals surface area contributed by atoms with Crippen molar-refractivity contribution in [3.63, 3.8) is 0 Å². The number of cyclic esters (lactones) is 1. The predicted octanol–water partition coefficient (Wildman–Crippen LogP) is 4.10. The Kier molecular flexibility index (Phi) is 4.82. The second-order valence-electron chi connectivity index (χ2n) is 6.87. The summed E-state index contributed by atoms with van der Waals surface area (Å²) in [4.78, 5) is 24.9. The summed E-state index contributed by atoms with van der Waals surface area (Å²) in [7, 11) is 0. The summed E-state index contributed by atoms with van der Waals surface area (Å²) in [5, 5.41) is 0. The monoisotopic (exact) mass is 341 g/mol. The van der Waals surface area contributed by atoms with E-state index in [1.807, 2.05) is 0 Å². The predicted molar refractivity (Wildman–Crippen MR) is 82.9 cm³/mol. The van der Waals surface area contributed by atoms with Gasteiger partial charge in [0.25, 0.3) is 5.92 Å². The molecule has 1 aromatic rings. The molecule has 2 rings (SSSR count). The Morgan fingerprint density at radius 1 is 1.25 bits per heavy atom. The third kappa shape index (κ3) is 4.43. The van der Waals surface area contributed by atoms with E-state index in [0.29, 0.717) is 6.42 Å². The highest BCUT2D eigenvalue weighted by Crippen LogP contribution is 2.27. The van der Waals surface area contributed by atoms with Crippen molar-refractivity contribution in [2.24, 2.45) is 0 Å². The fraction of sp³-hybridized carbons (Fsp3) is 0.529. The lowest BCUT2D eigenvalue weighted by Gasteiger charge is -2.25. The SMILES string of the molecule is CC(C)(C)OC(=O)N1C(=O)OC[C@@H]1Cc1ccc(C(C)(F)F)cc1. The molecular weight excluding hydrogens is 320 g/mol. The van der Waals surface area contributed by atoms with Gasteiger partial charge >= 0.3 is 12.2 Å². The average Bonchev–Trinajstić information content (AvgIpc) is 2.77. The Labute approximate surface area is 139 Å². The van der Waals surface area contributed by atoms with E-state index in [1.54, 1.807) is 32.9 Å². The van der Waals surface area contributed by atoms with Gasteiger partial charge in [-0.3, -0.25) is 0 Å². The lowest BCUT2D eigenvalue weighted by atomic mass is 10.0. The van der Waals surface area contributed by atoms with Gasteiger partial charge in [0, 0.05) is 12.5 Å². The summed E-state index contributed by atoms with van der Waals surface area (Å²) >= 11 is 0. The second-order valence-corrected chi connectivity index (χ2v) is 6.87. The van der Waals surface area contributed by atoms with Crippen molar-refractivity contribution >= 4 is 12.2 Å². The molecule has 1 fully saturated rings. The number of ether oxygens (including phenoxy) is 2. The number of hydrogen-bond donors (Lipinski definition) is 0. The molecule has 1 heterocycles. The Hall–Kier alpha value is -2.18. The molecule has 24 heavy (non-hydrogen) atoms. The third-order valence-electron chi connectivity index (χ3n) is 3.48. The molecule has 0 aliphatic carbocycles. The van der Waals surface area contributed by atoms with Crippen LogP contribution in [0.1, 0.15) is 38.8 Å². The summed E-state index contributed by atoms with van der Waals surface area (Å²) in [5.41, 5.74) is -0.104. The van der Waals surface area contributed by atoms with Crippen LogP contribution >= 0.6 is 0 Å². The minimum Gasteiger partial charge on any atom is -0.447 e. The highest BCUT2D eigenvalue weighted by molar-refractivity contribution is 5.89. The lowest BCUT2D eigenvalue weighted by Crippen LogP contribution is -2.43. The van der Waals surface area contributed by atoms with Crippen LogP contribution in [0.2, 0.25) is 0 Å². The fourth-order valence-electron chi connectivity index (χ4n) is 2.35. The number of imide groups is 1. The number of halogens is 2. The molecule has 0 aromatic heterocycles. The third-order valence-corrected chi connectivity index (χ3v) is 3.48. The van der Waals surface area contributed by atoms with Gasteiger partial charge in [0.1, 0.15) is 12.2 Å². The smallest absolute Gasteiger partial charge is 0.420 e. The number of alkyl halides is 2. The molecule has 1 aliphatic rings. The van der Waals surface area contributed by atoms with Crippen LogP contribution in [0.4, 0.5) is 18.4 Å². The number of hydrogen-bond acceptors (Lipinski definition) is 4. The van der Waals surface area contributed by atoms with E-state index in [0.717, 1.165) is 17.4 Å². The molecule has 132 valence electrons. The van der Waals surface area contributed by atoms with Crippen molar-refractivity contribution in [2.45, 2.75) is 51.7 Å². The molecule has 0 saturated carbocycles. The standard InChI is InChI=1S/C17H21F2NO4/c1-16(2,3)24-15(22)20-13(10-23-14(20)21)9-11-5-7-12(8-6-11)17(4,18)19/h5-8,13H,9-10H2,1-4H3/t13-/m0/s1. The zero-order valence-electron chi connectivity index (χ0n) is 14.1. The van der Waals surface area contributed by atoms with Gasteiger partial charge in [-0.1, -0.05) is 24.3 Å². The minimum atomic E-state index is -2.91. The molecular formula is C17H21F2NO4. The first kappa shape index (κ1) is 18.2. The van der Waals surface area contributed by atoms with Crippen molar-refractivity contribution in [3.8, 4) is 0 Å². The van der Waals surface area contributed by atoms with Crippen LogP contribution in [0.3, 0.4) is 0 Å². The van der Waals surface area contributed by atoms with Crippen LogP contribution in [0.5, 0.6) is 0 Å². The molecule has 0 bridgehead atoms. The summed E-state index contributed by atoms with van der Waals surface area (Å²) in [6, 6.07) is 5.27. The van der Waals surface area contributed by atoms with Crippen molar-refractivity contribution in [2.75, 3.05) is 6.61 Å². The highest BCUT2D eigenvalue weighted by atomic mass is 19.3. The molecule has 0 radical (unpaired) electrons. The Morgan fingerprint density at radius 3 is 2.33 bits per heavy atom. The van der Waals surface area contributed by atoms with Gasteiger partial charge < -0.3 is 9.47 Å². The molecule has 0 unspecified atom stereocenters. The van der Waals surface area contributed by atoms with E-state index in [1.165, 1.54) is 12.1 Å². The average molecular weight is 341 g/mol. The van der Waals surface area contributed by atoms with Gasteiger partial charge in [-0.25, -0.2) is 23.3 Å². The zero-order valence-corrected chi connectivity index (χ0v) is 14.1. The van der Waals surface area contributed by atoms with Gasteiger partial charge in [0.15, 0.2) is 0 Å². The van der Waals surface area contributed by atoms with E-state index < -0.39 is 29.8 Å². The number of carbonyl (C=O) groups is 2. The van der Waals surface area contributed by atoms with Crippen LogP contribution in [0.25, 0.3) is 0 Å². The molecule has 5 nitrogen and oxygen atoms in total. The number of nitrogens with zero attached hydrogens (tertiary/aromatic N) is 1. The molecule has 1 saturated heterocycles. The van der Waals surface area contributed by atoms with Gasteiger partial charge in [-0.05, 0) is 32.8 Å². The van der Waals surface area contributed by atoms with Gasteiger partial charge in [-0.15, -0.1) is 0 Å². The van der Waals surface area contributed by atoms with Crippen LogP contribution < -0.4 is 0 Å². The molecule has 1 atom stereocenters. The van der Waals surface area contributed by atoms with E-state index >= 15 is 0 Å². The molecule has 7 heteroatoms. The highest BCUT2D eigenvalue weighted by Gasteiger charge is 2.40. The summed E-state index contributed by atoms with van der Waals surface area (Å²) < 4.78 is 36.6. The van der Waals surface area contributed by atoms with Crippen molar-refractivity contribution in [1.82, 2.24) is 4.90 Å². The molecule has 0 N–H and O–H groups in total. The second kappa shape index (κ2) is 6.37. The molecule has 2 amide bonds. The quantitative estimate of drug-likeness (QED) is 0.831. The first-order valence-electron chi connectivity index (χ1n) is 7.63. The maximum Gasteiger partial charge on any atom is 0.420 e. The Bertz CT molecular complexity index is 617. The van der Waals surface area contributed by atoms with Gasteiger partial charge in [-0.2, -0.15) is 0 Å². The number of carbonyl (C=O) groups excluding carboxylic acids is 2. The zero-order chi connectivity index (χ0) is 18.1. The first-order chi connectivity index (χ1) is 11.0. The number of rotatable bonds is 3. The van der Waals surface area contributed by atoms with E-state index in [4.69, 9.17) is 9.47 Å². The topological polar surface area (TPSA) is 55.8 Å². The van der Waals surface area contributed by atoms with Gasteiger partial charge in [0.2, 0.25) is 0 Å². The fourth-order valence-corrected chi connectivity index (χ4v) is 2.35. The van der Waals surface area contributed by atoms with E-state index in [2.05, 4.69) is 0 Å². The van der Waals surface area contributed by atoms with Crippen molar-refractivity contribution in [3.05, 3.63) is 35.4 Å². The largest absolute Gasteiger partial charge is 0.447 e. The Morgan fingerprint density at radius 2 is 1.83 bits per heavy atom. The van der Waals surface area contributed by atoms with Crippen LogP contribution in [0.15, 0.2) is 24.3 Å². The summed E-state index contributed by atoms with van der Waals surface area (Å²) in [5.74, 6) is -2.91. The maximum atomic E-state index is 13.2. The normalized spacial score (nSPS) is 18.5. The molecule has 0 spiro atoms. The van der Waals surface area contributed by atoms with E-state index in [9.17, 15) is 18.4 Å².